The van der Waals surface area contributed by atoms with Crippen LogP contribution in [0.25, 0.3) is 0 Å². The highest BCUT2D eigenvalue weighted by Crippen LogP contribution is 2.45. The van der Waals surface area contributed by atoms with E-state index in [1.807, 2.05) is 19.4 Å². The summed E-state index contributed by atoms with van der Waals surface area (Å²) in [6, 6.07) is 6.73. The molecule has 4 unspecified atom stereocenters. The first kappa shape index (κ1) is 24.7. The van der Waals surface area contributed by atoms with E-state index in [2.05, 4.69) is 36.4 Å². The monoisotopic (exact) mass is 563 g/mol. The van der Waals surface area contributed by atoms with Crippen LogP contribution in [0.15, 0.2) is 48.0 Å². The van der Waals surface area contributed by atoms with Crippen molar-refractivity contribution in [1.29, 1.82) is 0 Å². The molecule has 10 heteroatoms. The Morgan fingerprint density at radius 2 is 2.09 bits per heavy atom. The van der Waals surface area contributed by atoms with Crippen LogP contribution in [0.1, 0.15) is 44.2 Å². The van der Waals surface area contributed by atoms with Crippen LogP contribution in [0.5, 0.6) is 5.75 Å². The molecule has 1 saturated carbocycles. The smallest absolute Gasteiger partial charge is 0.405 e. The Morgan fingerprint density at radius 3 is 2.78 bits per heavy atom. The second kappa shape index (κ2) is 10.3. The first-order valence-electron chi connectivity index (χ1n) is 10.7. The summed E-state index contributed by atoms with van der Waals surface area (Å²) < 4.78 is 44.7. The Balaban J connectivity index is 0.00000289. The van der Waals surface area contributed by atoms with E-state index < -0.39 is 6.36 Å². The number of guanidine groups is 1. The number of nitrogens with zero attached hydrogens (tertiary/aromatic N) is 4. The van der Waals surface area contributed by atoms with Gasteiger partial charge in [-0.2, -0.15) is 0 Å². The number of benzene rings is 1. The lowest BCUT2D eigenvalue weighted by molar-refractivity contribution is -0.274. The maximum atomic E-state index is 12.8. The quantitative estimate of drug-likeness (QED) is 0.323. The number of para-hydroxylation sites is 1. The summed E-state index contributed by atoms with van der Waals surface area (Å²) in [5.41, 5.74) is 0.580. The molecule has 0 radical (unpaired) electrons. The second-order valence-corrected chi connectivity index (χ2v) is 8.27. The van der Waals surface area contributed by atoms with E-state index in [1.165, 1.54) is 6.07 Å². The molecule has 0 amide bonds. The molecule has 1 aliphatic carbocycles. The summed E-state index contributed by atoms with van der Waals surface area (Å²) in [4.78, 5) is 11.1. The van der Waals surface area contributed by atoms with Crippen LogP contribution in [-0.4, -0.2) is 52.4 Å². The van der Waals surface area contributed by atoms with Crippen molar-refractivity contribution in [2.24, 2.45) is 10.9 Å². The van der Waals surface area contributed by atoms with Gasteiger partial charge in [-0.25, -0.2) is 4.98 Å². The van der Waals surface area contributed by atoms with Crippen LogP contribution in [-0.2, 0) is 0 Å². The van der Waals surface area contributed by atoms with Crippen molar-refractivity contribution in [3.63, 3.8) is 0 Å². The maximum absolute atomic E-state index is 12.8. The Hall–Kier alpha value is -1.98. The van der Waals surface area contributed by atoms with Crippen LogP contribution in [0.2, 0.25) is 0 Å². The molecule has 6 nitrogen and oxygen atoms in total. The van der Waals surface area contributed by atoms with Crippen molar-refractivity contribution in [2.45, 2.75) is 51.1 Å². The predicted molar refractivity (Wildman–Crippen MR) is 127 cm³/mol. The van der Waals surface area contributed by atoms with E-state index in [9.17, 15) is 13.2 Å². The number of ether oxygens (including phenoxy) is 1. The minimum absolute atomic E-state index is 0. The molecule has 2 aromatic rings. The predicted octanol–water partition coefficient (Wildman–Crippen LogP) is 4.80. The van der Waals surface area contributed by atoms with E-state index in [4.69, 9.17) is 0 Å². The first-order valence-corrected chi connectivity index (χ1v) is 10.7. The van der Waals surface area contributed by atoms with Gasteiger partial charge >= 0.3 is 6.36 Å². The van der Waals surface area contributed by atoms with Crippen LogP contribution >= 0.6 is 24.0 Å². The number of alkyl halides is 3. The van der Waals surface area contributed by atoms with E-state index in [0.29, 0.717) is 24.1 Å². The van der Waals surface area contributed by atoms with E-state index >= 15 is 0 Å². The van der Waals surface area contributed by atoms with Gasteiger partial charge < -0.3 is 19.5 Å². The van der Waals surface area contributed by atoms with Gasteiger partial charge in [0.05, 0.1) is 12.4 Å². The fourth-order valence-electron chi connectivity index (χ4n) is 4.35. The molecule has 1 N–H and O–H groups in total. The first-order chi connectivity index (χ1) is 14.9. The lowest BCUT2D eigenvalue weighted by Gasteiger charge is -2.39. The molecule has 2 fully saturated rings. The van der Waals surface area contributed by atoms with E-state index in [1.54, 1.807) is 24.4 Å². The number of aromatic nitrogens is 2. The zero-order valence-electron chi connectivity index (χ0n) is 18.1. The van der Waals surface area contributed by atoms with Crippen molar-refractivity contribution in [3.05, 3.63) is 48.5 Å². The zero-order chi connectivity index (χ0) is 22.0. The topological polar surface area (TPSA) is 54.7 Å². The highest BCUT2D eigenvalue weighted by Gasteiger charge is 2.43. The molecule has 0 bridgehead atoms. The second-order valence-electron chi connectivity index (χ2n) is 8.27. The highest BCUT2D eigenvalue weighted by atomic mass is 127. The zero-order valence-corrected chi connectivity index (χ0v) is 20.5. The molecule has 0 spiro atoms. The summed E-state index contributed by atoms with van der Waals surface area (Å²) >= 11 is 0. The molecular formula is C22H29F3IN5O. The third-order valence-corrected chi connectivity index (χ3v) is 6.08. The third kappa shape index (κ3) is 5.87. The van der Waals surface area contributed by atoms with Gasteiger partial charge in [-0.05, 0) is 37.3 Å². The van der Waals surface area contributed by atoms with Crippen LogP contribution < -0.4 is 10.1 Å². The molecular weight excluding hydrogens is 534 g/mol. The molecule has 1 saturated heterocycles. The summed E-state index contributed by atoms with van der Waals surface area (Å²) in [6.07, 6.45) is 2.71. The molecule has 1 aromatic carbocycles. The van der Waals surface area contributed by atoms with Crippen LogP contribution in [0.4, 0.5) is 13.2 Å². The number of rotatable bonds is 5. The molecule has 32 heavy (non-hydrogen) atoms. The average Bonchev–Trinajstić information content (AvgIpc) is 3.26. The third-order valence-electron chi connectivity index (χ3n) is 6.08. The minimum Gasteiger partial charge on any atom is -0.405 e. The largest absolute Gasteiger partial charge is 0.573 e. The molecule has 4 atom stereocenters. The van der Waals surface area contributed by atoms with Crippen LogP contribution in [0.3, 0.4) is 0 Å². The van der Waals surface area contributed by atoms with E-state index in [-0.39, 0.29) is 41.7 Å². The Kier molecular flexibility index (Phi) is 7.94. The van der Waals surface area contributed by atoms with Gasteiger partial charge in [0, 0.05) is 44.0 Å². The average molecular weight is 563 g/mol. The van der Waals surface area contributed by atoms with Crippen molar-refractivity contribution < 1.29 is 17.9 Å². The molecule has 2 aliphatic rings. The summed E-state index contributed by atoms with van der Waals surface area (Å²) in [7, 11) is 0. The van der Waals surface area contributed by atoms with Crippen molar-refractivity contribution >= 4 is 29.9 Å². The van der Waals surface area contributed by atoms with Crippen molar-refractivity contribution in [3.8, 4) is 5.75 Å². The Bertz CT molecular complexity index is 905. The Morgan fingerprint density at radius 1 is 1.31 bits per heavy atom. The molecule has 176 valence electrons. The van der Waals surface area contributed by atoms with Gasteiger partial charge in [0.2, 0.25) is 0 Å². The van der Waals surface area contributed by atoms with Gasteiger partial charge in [0.1, 0.15) is 5.75 Å². The molecule has 1 aliphatic heterocycles. The van der Waals surface area contributed by atoms with Gasteiger partial charge in [0.15, 0.2) is 5.96 Å². The number of piperidine rings is 1. The van der Waals surface area contributed by atoms with E-state index in [0.717, 1.165) is 31.9 Å². The van der Waals surface area contributed by atoms with Gasteiger partial charge in [0.25, 0.3) is 0 Å². The van der Waals surface area contributed by atoms with Crippen LogP contribution in [0, 0.1) is 5.92 Å². The number of nitrogens with one attached hydrogen (secondary N) is 1. The molecule has 1 aromatic heterocycles. The number of likely N-dealkylation sites (tertiary alicyclic amines) is 1. The fraction of sp³-hybridized carbons (Fsp3) is 0.545. The minimum atomic E-state index is -4.70. The van der Waals surface area contributed by atoms with Crippen molar-refractivity contribution in [2.75, 3.05) is 19.6 Å². The number of halogens is 4. The fourth-order valence-corrected chi connectivity index (χ4v) is 4.35. The number of hydrogen-bond donors (Lipinski definition) is 1. The number of hydrogen-bond acceptors (Lipinski definition) is 3. The standard InChI is InChI=1S/C22H28F3N5O.HI/c1-3-27-21(29-10-8-15(2)19(13-29)30-11-9-26-14-30)28-18-12-17(18)16-6-4-5-7-20(16)31-22(23,24)25;/h4-7,9,11,14-15,17-19H,3,8,10,12-13H2,1-2H3,(H,27,28);1H. The Labute approximate surface area is 203 Å². The van der Waals surface area contributed by atoms with Gasteiger partial charge in [-0.3, -0.25) is 4.99 Å². The maximum Gasteiger partial charge on any atom is 0.573 e. The SMILES string of the molecule is CCN=C(NC1CC1c1ccccc1OC(F)(F)F)N1CCC(C)C(n2ccnc2)C1.I. The summed E-state index contributed by atoms with van der Waals surface area (Å²) in [5.74, 6) is 1.19. The van der Waals surface area contributed by atoms with Gasteiger partial charge in [-0.1, -0.05) is 25.1 Å². The lowest BCUT2D eigenvalue weighted by atomic mass is 9.93. The highest BCUT2D eigenvalue weighted by molar-refractivity contribution is 14.0. The molecule has 4 rings (SSSR count). The summed E-state index contributed by atoms with van der Waals surface area (Å²) in [5, 5.41) is 3.50. The number of aliphatic imine (C=N–C) groups is 1. The van der Waals surface area contributed by atoms with Crippen molar-refractivity contribution in [1.82, 2.24) is 19.8 Å². The normalized spacial score (nSPS) is 25.8. The molecule has 2 heterocycles. The number of imidazole rings is 1. The van der Waals surface area contributed by atoms with Gasteiger partial charge in [-0.15, -0.1) is 37.1 Å². The summed E-state index contributed by atoms with van der Waals surface area (Å²) in [6.45, 7) is 6.58. The lowest BCUT2D eigenvalue weighted by Crippen LogP contribution is -2.49.